The molecule has 0 aliphatic rings. The highest BCUT2D eigenvalue weighted by Crippen LogP contribution is 2.22. The van der Waals surface area contributed by atoms with E-state index in [1.165, 1.54) is 0 Å². The van der Waals surface area contributed by atoms with Gasteiger partial charge in [-0.1, -0.05) is 12.1 Å². The Labute approximate surface area is 123 Å². The molecular weight excluding hydrogens is 264 g/mol. The molecular formula is C16H20N4O. The molecule has 1 unspecified atom stereocenters. The van der Waals surface area contributed by atoms with E-state index in [1.54, 1.807) is 12.5 Å². The summed E-state index contributed by atoms with van der Waals surface area (Å²) in [6.07, 6.45) is 3.39. The zero-order valence-corrected chi connectivity index (χ0v) is 12.4. The van der Waals surface area contributed by atoms with Crippen molar-refractivity contribution in [2.45, 2.75) is 39.5 Å². The fourth-order valence-corrected chi connectivity index (χ4v) is 2.78. The molecule has 5 nitrogen and oxygen atoms in total. The lowest BCUT2D eigenvalue weighted by Crippen LogP contribution is -2.12. The quantitative estimate of drug-likeness (QED) is 0.783. The fourth-order valence-electron chi connectivity index (χ4n) is 2.78. The van der Waals surface area contributed by atoms with Crippen LogP contribution in [0.25, 0.3) is 11.0 Å². The van der Waals surface area contributed by atoms with E-state index in [4.69, 9.17) is 0 Å². The van der Waals surface area contributed by atoms with Crippen molar-refractivity contribution < 1.29 is 5.11 Å². The summed E-state index contributed by atoms with van der Waals surface area (Å²) in [4.78, 5) is 8.78. The van der Waals surface area contributed by atoms with Crippen LogP contribution >= 0.6 is 0 Å². The van der Waals surface area contributed by atoms with Crippen molar-refractivity contribution in [3.8, 4) is 0 Å². The summed E-state index contributed by atoms with van der Waals surface area (Å²) in [6, 6.07) is 8.08. The normalized spacial score (nSPS) is 12.9. The van der Waals surface area contributed by atoms with Gasteiger partial charge in [-0.15, -0.1) is 0 Å². The third-order valence-electron chi connectivity index (χ3n) is 3.85. The smallest absolute Gasteiger partial charge is 0.112 e. The third kappa shape index (κ3) is 2.45. The highest BCUT2D eigenvalue weighted by Gasteiger charge is 2.17. The van der Waals surface area contributed by atoms with Gasteiger partial charge in [-0.05, 0) is 26.0 Å². The minimum Gasteiger partial charge on any atom is -0.386 e. The Morgan fingerprint density at radius 1 is 1.19 bits per heavy atom. The van der Waals surface area contributed by atoms with E-state index in [9.17, 15) is 5.11 Å². The van der Waals surface area contributed by atoms with E-state index in [0.717, 1.165) is 35.6 Å². The SMILES string of the molecule is CCn1cncc1C(O)Cc1nc2ccccc2n1CC. The highest BCUT2D eigenvalue weighted by molar-refractivity contribution is 5.75. The van der Waals surface area contributed by atoms with E-state index in [2.05, 4.69) is 27.5 Å². The van der Waals surface area contributed by atoms with Crippen LogP contribution in [0.4, 0.5) is 0 Å². The zero-order valence-electron chi connectivity index (χ0n) is 12.4. The minimum atomic E-state index is -0.588. The summed E-state index contributed by atoms with van der Waals surface area (Å²) >= 11 is 0. The van der Waals surface area contributed by atoms with Crippen LogP contribution in [0.5, 0.6) is 0 Å². The number of hydrogen-bond donors (Lipinski definition) is 1. The number of aryl methyl sites for hydroxylation is 2. The molecule has 1 N–H and O–H groups in total. The number of nitrogens with zero attached hydrogens (tertiary/aromatic N) is 4. The van der Waals surface area contributed by atoms with Crippen molar-refractivity contribution in [1.29, 1.82) is 0 Å². The second kappa shape index (κ2) is 5.69. The molecule has 2 aromatic heterocycles. The van der Waals surface area contributed by atoms with Crippen molar-refractivity contribution in [2.75, 3.05) is 0 Å². The number of para-hydroxylation sites is 2. The number of aromatic nitrogens is 4. The largest absolute Gasteiger partial charge is 0.386 e. The number of rotatable bonds is 5. The topological polar surface area (TPSA) is 55.9 Å². The zero-order chi connectivity index (χ0) is 14.8. The van der Waals surface area contributed by atoms with Gasteiger partial charge in [0.25, 0.3) is 0 Å². The predicted octanol–water partition coefficient (Wildman–Crippen LogP) is 2.55. The first-order chi connectivity index (χ1) is 10.2. The van der Waals surface area contributed by atoms with Crippen LogP contribution in [-0.4, -0.2) is 24.2 Å². The average molecular weight is 284 g/mol. The molecule has 5 heteroatoms. The van der Waals surface area contributed by atoms with Crippen molar-refractivity contribution in [2.24, 2.45) is 0 Å². The maximum atomic E-state index is 10.5. The molecule has 1 aromatic carbocycles. The Bertz CT molecular complexity index is 744. The van der Waals surface area contributed by atoms with E-state index in [-0.39, 0.29) is 0 Å². The van der Waals surface area contributed by atoms with Gasteiger partial charge in [-0.25, -0.2) is 9.97 Å². The van der Waals surface area contributed by atoms with Gasteiger partial charge in [-0.2, -0.15) is 0 Å². The van der Waals surface area contributed by atoms with Crippen LogP contribution in [0.1, 0.15) is 31.5 Å². The van der Waals surface area contributed by atoms with Gasteiger partial charge in [0.1, 0.15) is 11.9 Å². The molecule has 3 aromatic rings. The van der Waals surface area contributed by atoms with E-state index in [0.29, 0.717) is 6.42 Å². The van der Waals surface area contributed by atoms with E-state index < -0.39 is 6.10 Å². The van der Waals surface area contributed by atoms with Gasteiger partial charge < -0.3 is 14.2 Å². The number of benzene rings is 1. The fraction of sp³-hybridized carbons (Fsp3) is 0.375. The second-order valence-corrected chi connectivity index (χ2v) is 5.09. The van der Waals surface area contributed by atoms with Gasteiger partial charge in [0.15, 0.2) is 0 Å². The van der Waals surface area contributed by atoms with Crippen molar-refractivity contribution >= 4 is 11.0 Å². The molecule has 0 amide bonds. The first kappa shape index (κ1) is 13.8. The molecule has 2 heterocycles. The molecule has 110 valence electrons. The second-order valence-electron chi connectivity index (χ2n) is 5.09. The Kier molecular flexibility index (Phi) is 3.75. The van der Waals surface area contributed by atoms with Crippen LogP contribution < -0.4 is 0 Å². The van der Waals surface area contributed by atoms with Crippen LogP contribution in [0.15, 0.2) is 36.8 Å². The summed E-state index contributed by atoms with van der Waals surface area (Å²) < 4.78 is 4.12. The van der Waals surface area contributed by atoms with Crippen molar-refractivity contribution in [3.05, 3.63) is 48.3 Å². The molecule has 1 atom stereocenters. The van der Waals surface area contributed by atoms with Crippen LogP contribution in [0.2, 0.25) is 0 Å². The van der Waals surface area contributed by atoms with Gasteiger partial charge in [-0.3, -0.25) is 0 Å². The lowest BCUT2D eigenvalue weighted by molar-refractivity contribution is 0.165. The molecule has 0 radical (unpaired) electrons. The Morgan fingerprint density at radius 3 is 2.76 bits per heavy atom. The molecule has 21 heavy (non-hydrogen) atoms. The molecule has 0 aliphatic heterocycles. The highest BCUT2D eigenvalue weighted by atomic mass is 16.3. The summed E-state index contributed by atoms with van der Waals surface area (Å²) in [5.74, 6) is 0.912. The Hall–Kier alpha value is -2.14. The average Bonchev–Trinajstić information content (AvgIpc) is 3.10. The molecule has 0 spiro atoms. The van der Waals surface area contributed by atoms with Gasteiger partial charge in [0.2, 0.25) is 0 Å². The molecule has 0 saturated heterocycles. The van der Waals surface area contributed by atoms with E-state index >= 15 is 0 Å². The number of hydrogen-bond acceptors (Lipinski definition) is 3. The van der Waals surface area contributed by atoms with Crippen molar-refractivity contribution in [1.82, 2.24) is 19.1 Å². The van der Waals surface area contributed by atoms with Gasteiger partial charge >= 0.3 is 0 Å². The molecule has 3 rings (SSSR count). The lowest BCUT2D eigenvalue weighted by atomic mass is 10.2. The Morgan fingerprint density at radius 2 is 2.00 bits per heavy atom. The third-order valence-corrected chi connectivity index (χ3v) is 3.85. The predicted molar refractivity (Wildman–Crippen MR) is 82.0 cm³/mol. The van der Waals surface area contributed by atoms with Crippen LogP contribution in [0.3, 0.4) is 0 Å². The summed E-state index contributed by atoms with van der Waals surface area (Å²) in [5.41, 5.74) is 2.93. The van der Waals surface area contributed by atoms with Gasteiger partial charge in [0.05, 0.1) is 29.3 Å². The maximum absolute atomic E-state index is 10.5. The first-order valence-corrected chi connectivity index (χ1v) is 7.36. The maximum Gasteiger partial charge on any atom is 0.112 e. The van der Waals surface area contributed by atoms with Crippen LogP contribution in [-0.2, 0) is 19.5 Å². The molecule has 0 fully saturated rings. The summed E-state index contributed by atoms with van der Waals surface area (Å²) in [5, 5.41) is 10.5. The standard InChI is InChI=1S/C16H20N4O/c1-3-19-11-17-10-14(19)15(21)9-16-18-12-7-5-6-8-13(12)20(16)4-2/h5-8,10-11,15,21H,3-4,9H2,1-2H3. The molecule has 0 bridgehead atoms. The minimum absolute atomic E-state index is 0.494. The monoisotopic (exact) mass is 284 g/mol. The number of fused-ring (bicyclic) bond motifs is 1. The van der Waals surface area contributed by atoms with E-state index in [1.807, 2.05) is 29.7 Å². The molecule has 0 aliphatic carbocycles. The van der Waals surface area contributed by atoms with Crippen molar-refractivity contribution in [3.63, 3.8) is 0 Å². The Balaban J connectivity index is 1.94. The lowest BCUT2D eigenvalue weighted by Gasteiger charge is -2.13. The number of imidazole rings is 2. The number of aliphatic hydroxyl groups is 1. The summed E-state index contributed by atoms with van der Waals surface area (Å²) in [6.45, 7) is 5.78. The number of aliphatic hydroxyl groups excluding tert-OH is 1. The molecule has 0 saturated carbocycles. The first-order valence-electron chi connectivity index (χ1n) is 7.36. The van der Waals surface area contributed by atoms with Crippen LogP contribution in [0, 0.1) is 0 Å². The van der Waals surface area contributed by atoms with Gasteiger partial charge in [0, 0.05) is 19.5 Å². The summed E-state index contributed by atoms with van der Waals surface area (Å²) in [7, 11) is 0.